The van der Waals surface area contributed by atoms with Gasteiger partial charge in [0.25, 0.3) is 0 Å². The molecule has 0 aromatic heterocycles. The molecule has 0 bridgehead atoms. The maximum absolute atomic E-state index is 2.58. The standard InChI is InChI=1S/C90H78N4/c1-59-11-29-69(30-12-59)91(70-31-13-60(2)14-32-70)77-45-49-79(50-46-77)93(73-37-19-63(5)20-38-73)75-41-25-67(26-42-75)90(87-56-66(8)24-54-82(87)84-57-86-83(58-88(84)90)81-53-23-65(7)55-85(81)89(86,9)10)68-27-43-76(44-28-68)94(74-39-21-64(6)22-40-74)80-51-47-78(48-52-80)92(71-33-15-61(3)16-34-71)72-35-17-62(4)18-36-72/h11-58H,1-10H3. The molecule has 458 valence electrons. The highest BCUT2D eigenvalue weighted by Crippen LogP contribution is 2.61. The van der Waals surface area contributed by atoms with Crippen LogP contribution in [0.25, 0.3) is 22.3 Å². The molecule has 2 aliphatic rings. The zero-order valence-corrected chi connectivity index (χ0v) is 55.5. The molecule has 0 aliphatic heterocycles. The number of fused-ring (bicyclic) bond motifs is 6. The Morgan fingerprint density at radius 1 is 0.181 bits per heavy atom. The van der Waals surface area contributed by atoms with Gasteiger partial charge in [0.05, 0.1) is 5.41 Å². The topological polar surface area (TPSA) is 13.0 Å². The van der Waals surface area contributed by atoms with Gasteiger partial charge < -0.3 is 19.6 Å². The number of hydrogen-bond acceptors (Lipinski definition) is 4. The fourth-order valence-electron chi connectivity index (χ4n) is 14.7. The van der Waals surface area contributed by atoms with E-state index >= 15 is 0 Å². The predicted octanol–water partition coefficient (Wildman–Crippen LogP) is 24.7. The Bertz CT molecular complexity index is 4610. The van der Waals surface area contributed by atoms with E-state index < -0.39 is 5.41 Å². The number of anilines is 12. The summed E-state index contributed by atoms with van der Waals surface area (Å²) >= 11 is 0. The fraction of sp³-hybridized carbons (Fsp3) is 0.133. The molecule has 0 N–H and O–H groups in total. The van der Waals surface area contributed by atoms with Crippen molar-refractivity contribution in [3.05, 3.63) is 369 Å². The van der Waals surface area contributed by atoms with Gasteiger partial charge >= 0.3 is 0 Å². The summed E-state index contributed by atoms with van der Waals surface area (Å²) in [4.78, 5) is 9.50. The van der Waals surface area contributed by atoms with E-state index in [1.165, 1.54) is 100 Å². The monoisotopic (exact) mass is 1210 g/mol. The molecule has 13 aromatic rings. The van der Waals surface area contributed by atoms with Crippen molar-refractivity contribution in [3.8, 4) is 22.3 Å². The first-order valence-corrected chi connectivity index (χ1v) is 33.0. The van der Waals surface area contributed by atoms with E-state index in [4.69, 9.17) is 0 Å². The van der Waals surface area contributed by atoms with E-state index in [0.717, 1.165) is 68.2 Å². The zero-order chi connectivity index (χ0) is 64.6. The van der Waals surface area contributed by atoms with Crippen LogP contribution in [-0.2, 0) is 10.8 Å². The summed E-state index contributed by atoms with van der Waals surface area (Å²) in [7, 11) is 0. The average Bonchev–Trinajstić information content (AvgIpc) is 1.52. The zero-order valence-electron chi connectivity index (χ0n) is 55.5. The van der Waals surface area contributed by atoms with Gasteiger partial charge in [-0.25, -0.2) is 0 Å². The highest BCUT2D eigenvalue weighted by Gasteiger charge is 2.49. The molecule has 0 radical (unpaired) electrons. The minimum Gasteiger partial charge on any atom is -0.311 e. The fourth-order valence-corrected chi connectivity index (χ4v) is 14.7. The Balaban J connectivity index is 0.885. The Morgan fingerprint density at radius 3 is 0.638 bits per heavy atom. The molecule has 94 heavy (non-hydrogen) atoms. The molecule has 13 aromatic carbocycles. The summed E-state index contributed by atoms with van der Waals surface area (Å²) in [6.07, 6.45) is 0. The molecular weight excluding hydrogens is 1140 g/mol. The van der Waals surface area contributed by atoms with E-state index in [1.807, 2.05) is 0 Å². The van der Waals surface area contributed by atoms with Crippen LogP contribution in [0.2, 0.25) is 0 Å². The van der Waals surface area contributed by atoms with Crippen molar-refractivity contribution < 1.29 is 0 Å². The molecule has 0 unspecified atom stereocenters. The Kier molecular flexibility index (Phi) is 14.9. The summed E-state index contributed by atoms with van der Waals surface area (Å²) in [5, 5.41) is 0. The van der Waals surface area contributed by atoms with Crippen LogP contribution in [0.3, 0.4) is 0 Å². The Labute approximate surface area is 556 Å². The second-order valence-corrected chi connectivity index (χ2v) is 26.9. The van der Waals surface area contributed by atoms with Gasteiger partial charge in [0.15, 0.2) is 0 Å². The van der Waals surface area contributed by atoms with Crippen molar-refractivity contribution in [2.24, 2.45) is 0 Å². The maximum atomic E-state index is 2.58. The van der Waals surface area contributed by atoms with Crippen LogP contribution >= 0.6 is 0 Å². The first kappa shape index (κ1) is 59.4. The first-order valence-electron chi connectivity index (χ1n) is 33.0. The van der Waals surface area contributed by atoms with Gasteiger partial charge in [0.2, 0.25) is 0 Å². The molecule has 0 fully saturated rings. The van der Waals surface area contributed by atoms with Gasteiger partial charge in [-0.05, 0) is 269 Å². The number of aryl methyl sites for hydroxylation is 8. The van der Waals surface area contributed by atoms with Crippen molar-refractivity contribution in [2.45, 2.75) is 80.1 Å². The van der Waals surface area contributed by atoms with E-state index in [-0.39, 0.29) is 5.41 Å². The quantitative estimate of drug-likeness (QED) is 0.108. The molecular formula is C90H78N4. The van der Waals surface area contributed by atoms with Gasteiger partial charge in [0, 0.05) is 73.7 Å². The molecule has 0 amide bonds. The van der Waals surface area contributed by atoms with E-state index in [2.05, 4.69) is 380 Å². The highest BCUT2D eigenvalue weighted by atomic mass is 15.2. The van der Waals surface area contributed by atoms with Crippen LogP contribution in [0.4, 0.5) is 68.2 Å². The van der Waals surface area contributed by atoms with E-state index in [0.29, 0.717) is 0 Å². The van der Waals surface area contributed by atoms with Crippen LogP contribution in [0.15, 0.2) is 291 Å². The number of rotatable bonds is 14. The normalized spacial score (nSPS) is 13.0. The third-order valence-electron chi connectivity index (χ3n) is 19.8. The number of benzene rings is 13. The molecule has 0 spiro atoms. The lowest BCUT2D eigenvalue weighted by atomic mass is 9.67. The van der Waals surface area contributed by atoms with Crippen LogP contribution in [-0.4, -0.2) is 0 Å². The lowest BCUT2D eigenvalue weighted by Crippen LogP contribution is -2.29. The Morgan fingerprint density at radius 2 is 0.362 bits per heavy atom. The maximum Gasteiger partial charge on any atom is 0.0713 e. The van der Waals surface area contributed by atoms with Crippen molar-refractivity contribution in [2.75, 3.05) is 19.6 Å². The molecule has 0 heterocycles. The highest BCUT2D eigenvalue weighted by molar-refractivity contribution is 5.94. The van der Waals surface area contributed by atoms with Crippen LogP contribution < -0.4 is 19.6 Å². The minimum atomic E-state index is -0.710. The summed E-state index contributed by atoms with van der Waals surface area (Å²) in [5.74, 6) is 0. The summed E-state index contributed by atoms with van der Waals surface area (Å²) in [6, 6.07) is 110. The van der Waals surface area contributed by atoms with E-state index in [9.17, 15) is 0 Å². The van der Waals surface area contributed by atoms with Gasteiger partial charge in [-0.1, -0.05) is 192 Å². The molecule has 0 atom stereocenters. The third kappa shape index (κ3) is 10.4. The molecule has 4 heteroatoms. The minimum absolute atomic E-state index is 0.181. The van der Waals surface area contributed by atoms with Crippen molar-refractivity contribution >= 4 is 68.2 Å². The Hall–Kier alpha value is -10.9. The summed E-state index contributed by atoms with van der Waals surface area (Å²) in [6.45, 7) is 22.2. The summed E-state index contributed by atoms with van der Waals surface area (Å²) in [5.41, 5.74) is 35.1. The van der Waals surface area contributed by atoms with Crippen LogP contribution in [0, 0.1) is 55.4 Å². The number of hydrogen-bond donors (Lipinski definition) is 0. The van der Waals surface area contributed by atoms with Gasteiger partial charge in [-0.3, -0.25) is 0 Å². The van der Waals surface area contributed by atoms with Crippen LogP contribution in [0.1, 0.15) is 91.7 Å². The van der Waals surface area contributed by atoms with Gasteiger partial charge in [-0.2, -0.15) is 0 Å². The van der Waals surface area contributed by atoms with Crippen molar-refractivity contribution in [1.82, 2.24) is 0 Å². The second-order valence-electron chi connectivity index (χ2n) is 26.9. The molecule has 0 saturated heterocycles. The third-order valence-corrected chi connectivity index (χ3v) is 19.8. The van der Waals surface area contributed by atoms with Crippen molar-refractivity contribution in [3.63, 3.8) is 0 Å². The van der Waals surface area contributed by atoms with Crippen LogP contribution in [0.5, 0.6) is 0 Å². The lowest BCUT2D eigenvalue weighted by molar-refractivity contribution is 0.659. The van der Waals surface area contributed by atoms with Crippen molar-refractivity contribution in [1.29, 1.82) is 0 Å². The first-order chi connectivity index (χ1) is 45.6. The largest absolute Gasteiger partial charge is 0.311 e. The summed E-state index contributed by atoms with van der Waals surface area (Å²) < 4.78 is 0. The predicted molar refractivity (Wildman–Crippen MR) is 398 cm³/mol. The average molecular weight is 1220 g/mol. The van der Waals surface area contributed by atoms with Gasteiger partial charge in [0.1, 0.15) is 0 Å². The number of nitrogens with zero attached hydrogens (tertiary/aromatic N) is 4. The second kappa shape index (κ2) is 23.6. The molecule has 15 rings (SSSR count). The smallest absolute Gasteiger partial charge is 0.0713 e. The molecule has 2 aliphatic carbocycles. The lowest BCUT2D eigenvalue weighted by Gasteiger charge is -2.36. The van der Waals surface area contributed by atoms with E-state index in [1.54, 1.807) is 0 Å². The SMILES string of the molecule is Cc1ccc(N(c2ccc(C)cc2)c2ccc(N(c3ccc(C)cc3)c3ccc(C4(c5ccc(N(c6ccc(C)cc6)c6ccc(N(c7ccc(C)cc7)c7ccc(C)cc7)cc6)cc5)c5cc(C)ccc5-c5cc6c(cc54)-c4ccc(C)cc4C6(C)C)cc3)cc2)cc1. The molecule has 4 nitrogen and oxygen atoms in total. The molecule has 0 saturated carbocycles. The van der Waals surface area contributed by atoms with Gasteiger partial charge in [-0.15, -0.1) is 0 Å².